The number of primary amides is 1. The summed E-state index contributed by atoms with van der Waals surface area (Å²) >= 11 is -0.197. The van der Waals surface area contributed by atoms with Crippen LogP contribution in [0.1, 0.15) is 18.0 Å². The minimum atomic E-state index is -4.31. The van der Waals surface area contributed by atoms with E-state index in [0.717, 1.165) is 0 Å². The molecule has 0 saturated carbocycles. The summed E-state index contributed by atoms with van der Waals surface area (Å²) in [5.74, 6) is -0.550. The number of carbonyl (C=O) groups excluding carboxylic acids is 1. The normalized spacial score (nSPS) is 13.4. The van der Waals surface area contributed by atoms with Gasteiger partial charge in [0.15, 0.2) is 0 Å². The van der Waals surface area contributed by atoms with Crippen molar-refractivity contribution in [3.8, 4) is 0 Å². The zero-order valence-electron chi connectivity index (χ0n) is 8.70. The zero-order chi connectivity index (χ0) is 13.1. The number of hydrogen-bond donors (Lipinski definition) is 2. The summed E-state index contributed by atoms with van der Waals surface area (Å²) in [6.07, 6.45) is -0.0360. The fourth-order valence-electron chi connectivity index (χ4n) is 1.25. The molecule has 0 saturated heterocycles. The van der Waals surface area contributed by atoms with Crippen LogP contribution in [-0.4, -0.2) is 11.4 Å². The Kier molecular flexibility index (Phi) is 4.41. The Morgan fingerprint density at radius 1 is 1.29 bits per heavy atom. The first kappa shape index (κ1) is 13.9. The molecule has 4 N–H and O–H groups in total. The van der Waals surface area contributed by atoms with E-state index in [1.54, 1.807) is 0 Å². The maximum absolute atomic E-state index is 12.0. The minimum absolute atomic E-state index is 0.0360. The number of carbonyl (C=O) groups is 1. The van der Waals surface area contributed by atoms with Gasteiger partial charge in [-0.1, -0.05) is 12.1 Å². The second-order valence-electron chi connectivity index (χ2n) is 3.39. The molecule has 0 aliphatic heterocycles. The fourth-order valence-corrected chi connectivity index (χ4v) is 1.79. The molecule has 0 aliphatic carbocycles. The van der Waals surface area contributed by atoms with E-state index in [1.807, 2.05) is 0 Å². The Morgan fingerprint density at radius 3 is 2.24 bits per heavy atom. The largest absolute Gasteiger partial charge is 0.446 e. The third kappa shape index (κ3) is 5.10. The molecule has 0 spiro atoms. The van der Waals surface area contributed by atoms with Crippen LogP contribution >= 0.6 is 11.8 Å². The smallest absolute Gasteiger partial charge is 0.370 e. The Bertz CT molecular complexity index is 392. The number of rotatable bonds is 4. The predicted octanol–water partition coefficient (Wildman–Crippen LogP) is 2.17. The highest BCUT2D eigenvalue weighted by Gasteiger charge is 2.29. The summed E-state index contributed by atoms with van der Waals surface area (Å²) in [6.45, 7) is 0. The van der Waals surface area contributed by atoms with Gasteiger partial charge in [0.2, 0.25) is 5.91 Å². The molecule has 0 fully saturated rings. The molecule has 7 heteroatoms. The van der Waals surface area contributed by atoms with E-state index in [4.69, 9.17) is 11.5 Å². The summed E-state index contributed by atoms with van der Waals surface area (Å²) in [7, 11) is 0. The molecule has 0 aliphatic rings. The third-order valence-corrected chi connectivity index (χ3v) is 2.70. The van der Waals surface area contributed by atoms with Gasteiger partial charge >= 0.3 is 5.51 Å². The number of alkyl halides is 3. The van der Waals surface area contributed by atoms with E-state index in [9.17, 15) is 18.0 Å². The second-order valence-corrected chi connectivity index (χ2v) is 4.53. The SMILES string of the molecule is NC(=O)C[C@@H](N)c1ccc(SC(F)(F)F)cc1. The van der Waals surface area contributed by atoms with Crippen LogP contribution in [0.4, 0.5) is 13.2 Å². The van der Waals surface area contributed by atoms with Gasteiger partial charge in [-0.05, 0) is 29.5 Å². The van der Waals surface area contributed by atoms with Crippen LogP contribution in [0.15, 0.2) is 29.2 Å². The molecule has 17 heavy (non-hydrogen) atoms. The van der Waals surface area contributed by atoms with Gasteiger partial charge in [0.25, 0.3) is 0 Å². The second kappa shape index (κ2) is 5.42. The Morgan fingerprint density at radius 2 is 1.82 bits per heavy atom. The number of amides is 1. The number of thioether (sulfide) groups is 1. The van der Waals surface area contributed by atoms with Crippen LogP contribution < -0.4 is 11.5 Å². The molecule has 1 amide bonds. The Labute approximate surface area is 100 Å². The molecular formula is C10H11F3N2OS. The van der Waals surface area contributed by atoms with Gasteiger partial charge in [-0.25, -0.2) is 0 Å². The van der Waals surface area contributed by atoms with Crippen LogP contribution in [0.3, 0.4) is 0 Å². The summed E-state index contributed by atoms with van der Waals surface area (Å²) in [5.41, 5.74) is 6.89. The van der Waals surface area contributed by atoms with E-state index in [-0.39, 0.29) is 23.1 Å². The summed E-state index contributed by atoms with van der Waals surface area (Å²) < 4.78 is 36.1. The lowest BCUT2D eigenvalue weighted by molar-refractivity contribution is -0.118. The van der Waals surface area contributed by atoms with Crippen molar-refractivity contribution in [2.24, 2.45) is 11.5 Å². The van der Waals surface area contributed by atoms with Crippen LogP contribution in [0.2, 0.25) is 0 Å². The highest BCUT2D eigenvalue weighted by Crippen LogP contribution is 2.36. The highest BCUT2D eigenvalue weighted by atomic mass is 32.2. The van der Waals surface area contributed by atoms with E-state index in [0.29, 0.717) is 5.56 Å². The molecule has 1 atom stereocenters. The highest BCUT2D eigenvalue weighted by molar-refractivity contribution is 8.00. The molecule has 0 unspecified atom stereocenters. The van der Waals surface area contributed by atoms with E-state index in [2.05, 4.69) is 0 Å². The summed E-state index contributed by atoms with van der Waals surface area (Å²) in [5, 5.41) is 0. The third-order valence-electron chi connectivity index (χ3n) is 1.96. The molecular weight excluding hydrogens is 253 g/mol. The maximum Gasteiger partial charge on any atom is 0.446 e. The van der Waals surface area contributed by atoms with Gasteiger partial charge in [-0.15, -0.1) is 0 Å². The van der Waals surface area contributed by atoms with Crippen molar-refractivity contribution < 1.29 is 18.0 Å². The minimum Gasteiger partial charge on any atom is -0.370 e. The van der Waals surface area contributed by atoms with E-state index in [1.165, 1.54) is 24.3 Å². The molecule has 0 heterocycles. The Hall–Kier alpha value is -1.21. The zero-order valence-corrected chi connectivity index (χ0v) is 9.52. The van der Waals surface area contributed by atoms with Gasteiger partial charge < -0.3 is 11.5 Å². The van der Waals surface area contributed by atoms with Crippen molar-refractivity contribution in [3.63, 3.8) is 0 Å². The van der Waals surface area contributed by atoms with Crippen molar-refractivity contribution in [1.29, 1.82) is 0 Å². The number of nitrogens with two attached hydrogens (primary N) is 2. The lowest BCUT2D eigenvalue weighted by atomic mass is 10.0. The van der Waals surface area contributed by atoms with Crippen molar-refractivity contribution in [2.45, 2.75) is 22.9 Å². The van der Waals surface area contributed by atoms with E-state index >= 15 is 0 Å². The Balaban J connectivity index is 2.71. The molecule has 1 aromatic rings. The summed E-state index contributed by atoms with van der Waals surface area (Å²) in [6, 6.07) is 4.96. The van der Waals surface area contributed by atoms with Crippen LogP contribution in [0.5, 0.6) is 0 Å². The van der Waals surface area contributed by atoms with Gasteiger partial charge in [0.05, 0.1) is 0 Å². The molecule has 0 bridgehead atoms. The quantitative estimate of drug-likeness (QED) is 0.819. The average molecular weight is 264 g/mol. The summed E-state index contributed by atoms with van der Waals surface area (Å²) in [4.78, 5) is 10.7. The molecule has 94 valence electrons. The lowest BCUT2D eigenvalue weighted by Crippen LogP contribution is -2.20. The maximum atomic E-state index is 12.0. The first-order valence-electron chi connectivity index (χ1n) is 4.67. The molecule has 3 nitrogen and oxygen atoms in total. The van der Waals surface area contributed by atoms with Crippen molar-refractivity contribution >= 4 is 17.7 Å². The van der Waals surface area contributed by atoms with Gasteiger partial charge in [0.1, 0.15) is 0 Å². The van der Waals surface area contributed by atoms with E-state index < -0.39 is 17.5 Å². The monoisotopic (exact) mass is 264 g/mol. The van der Waals surface area contributed by atoms with Crippen molar-refractivity contribution in [2.75, 3.05) is 0 Å². The number of hydrogen-bond acceptors (Lipinski definition) is 3. The first-order valence-corrected chi connectivity index (χ1v) is 5.49. The molecule has 1 rings (SSSR count). The molecule has 0 aromatic heterocycles. The molecule has 0 radical (unpaired) electrons. The van der Waals surface area contributed by atoms with Gasteiger partial charge in [-0.3, -0.25) is 4.79 Å². The number of benzene rings is 1. The van der Waals surface area contributed by atoms with Gasteiger partial charge in [-0.2, -0.15) is 13.2 Å². The van der Waals surface area contributed by atoms with Crippen molar-refractivity contribution in [3.05, 3.63) is 29.8 Å². The lowest BCUT2D eigenvalue weighted by Gasteiger charge is -2.11. The van der Waals surface area contributed by atoms with Crippen LogP contribution in [0.25, 0.3) is 0 Å². The van der Waals surface area contributed by atoms with Crippen LogP contribution in [0, 0.1) is 0 Å². The standard InChI is InChI=1S/C10H11F3N2OS/c11-10(12,13)17-7-3-1-6(2-4-7)8(14)5-9(15)16/h1-4,8H,5,14H2,(H2,15,16)/t8-/m1/s1. The van der Waals surface area contributed by atoms with Crippen LogP contribution in [-0.2, 0) is 4.79 Å². The molecule has 1 aromatic carbocycles. The fraction of sp³-hybridized carbons (Fsp3) is 0.300. The topological polar surface area (TPSA) is 69.1 Å². The number of halogens is 3. The first-order chi connectivity index (χ1) is 7.78. The predicted molar refractivity (Wildman–Crippen MR) is 59.1 cm³/mol. The average Bonchev–Trinajstić information content (AvgIpc) is 2.15. The van der Waals surface area contributed by atoms with Crippen molar-refractivity contribution in [1.82, 2.24) is 0 Å². The van der Waals surface area contributed by atoms with Gasteiger partial charge in [0, 0.05) is 17.4 Å².